The van der Waals surface area contributed by atoms with Gasteiger partial charge < -0.3 is 9.80 Å². The molecule has 108 valence electrons. The first-order chi connectivity index (χ1) is 9.65. The van der Waals surface area contributed by atoms with Crippen LogP contribution in [0.15, 0.2) is 30.3 Å². The van der Waals surface area contributed by atoms with Gasteiger partial charge in [0.25, 0.3) is 0 Å². The maximum atomic E-state index is 12.8. The Morgan fingerprint density at radius 1 is 1.35 bits per heavy atom. The smallest absolute Gasteiger partial charge is 0.222 e. The first kappa shape index (κ1) is 14.7. The fraction of sp³-hybridized carbons (Fsp3) is 0.438. The van der Waals surface area contributed by atoms with Crippen LogP contribution in [0.5, 0.6) is 0 Å². The van der Waals surface area contributed by atoms with Crippen LogP contribution in [0.4, 0.5) is 4.39 Å². The van der Waals surface area contributed by atoms with Gasteiger partial charge in [-0.25, -0.2) is 4.39 Å². The van der Waals surface area contributed by atoms with Crippen molar-refractivity contribution in [3.8, 4) is 0 Å². The minimum absolute atomic E-state index is 0.213. The molecule has 3 nitrogen and oxygen atoms in total. The zero-order valence-electron chi connectivity index (χ0n) is 11.9. The molecule has 1 aliphatic heterocycles. The van der Waals surface area contributed by atoms with Gasteiger partial charge in [-0.2, -0.15) is 0 Å². The largest absolute Gasteiger partial charge is 0.341 e. The van der Waals surface area contributed by atoms with Crippen LogP contribution in [-0.4, -0.2) is 48.9 Å². The molecule has 1 heterocycles. The zero-order chi connectivity index (χ0) is 14.4. The van der Waals surface area contributed by atoms with Crippen molar-refractivity contribution in [2.45, 2.75) is 12.8 Å². The summed E-state index contributed by atoms with van der Waals surface area (Å²) in [5, 5.41) is 0. The summed E-state index contributed by atoms with van der Waals surface area (Å²) in [7, 11) is 2.04. The van der Waals surface area contributed by atoms with Crippen LogP contribution in [-0.2, 0) is 4.79 Å². The van der Waals surface area contributed by atoms with E-state index in [-0.39, 0.29) is 11.7 Å². The number of likely N-dealkylation sites (tertiary alicyclic amines) is 1. The Hall–Kier alpha value is -1.68. The molecular formula is C16H21FN2O. The lowest BCUT2D eigenvalue weighted by Crippen LogP contribution is -2.34. The summed E-state index contributed by atoms with van der Waals surface area (Å²) >= 11 is 0. The third kappa shape index (κ3) is 4.46. The number of carbonyl (C=O) groups is 1. The van der Waals surface area contributed by atoms with Crippen LogP contribution in [0.25, 0.3) is 6.08 Å². The van der Waals surface area contributed by atoms with Crippen LogP contribution in [0.3, 0.4) is 0 Å². The van der Waals surface area contributed by atoms with Gasteiger partial charge in [-0.3, -0.25) is 4.79 Å². The Morgan fingerprint density at radius 3 is 2.75 bits per heavy atom. The summed E-state index contributed by atoms with van der Waals surface area (Å²) in [4.78, 5) is 15.6. The molecule has 2 rings (SSSR count). The number of hydrogen-bond donors (Lipinski definition) is 0. The summed E-state index contributed by atoms with van der Waals surface area (Å²) < 4.78 is 12.8. The van der Waals surface area contributed by atoms with Gasteiger partial charge in [-0.15, -0.1) is 0 Å². The lowest BCUT2D eigenvalue weighted by Gasteiger charge is -2.20. The van der Waals surface area contributed by atoms with Crippen molar-refractivity contribution in [3.63, 3.8) is 0 Å². The van der Waals surface area contributed by atoms with Gasteiger partial charge in [0.2, 0.25) is 5.91 Å². The normalized spacial score (nSPS) is 15.8. The summed E-state index contributed by atoms with van der Waals surface area (Å²) in [6, 6.07) is 6.44. The van der Waals surface area contributed by atoms with E-state index in [2.05, 4.69) is 11.0 Å². The summed E-state index contributed by atoms with van der Waals surface area (Å²) in [6.07, 6.45) is 5.73. The molecule has 0 aromatic heterocycles. The number of carbonyl (C=O) groups excluding carboxylic acids is 1. The molecule has 0 aliphatic carbocycles. The molecule has 0 atom stereocenters. The first-order valence-electron chi connectivity index (χ1n) is 7.03. The van der Waals surface area contributed by atoms with Gasteiger partial charge in [0.15, 0.2) is 0 Å². The predicted octanol–water partition coefficient (Wildman–Crippen LogP) is 2.39. The fourth-order valence-corrected chi connectivity index (χ4v) is 2.27. The molecule has 0 spiro atoms. The van der Waals surface area contributed by atoms with Crippen molar-refractivity contribution in [1.29, 1.82) is 0 Å². The topological polar surface area (TPSA) is 23.6 Å². The van der Waals surface area contributed by atoms with Gasteiger partial charge in [0, 0.05) is 32.6 Å². The molecule has 1 aromatic carbocycles. The molecule has 1 fully saturated rings. The van der Waals surface area contributed by atoms with E-state index in [0.29, 0.717) is 6.42 Å². The number of hydrogen-bond acceptors (Lipinski definition) is 2. The molecule has 0 radical (unpaired) electrons. The standard InChI is InChI=1S/C16H21FN2O/c1-18(12-13-19-11-3-5-16(19)20)10-2-4-14-6-8-15(17)9-7-14/h2,4,6-9H,3,5,10-13H2,1H3/b4-2+. The van der Waals surface area contributed by atoms with Gasteiger partial charge in [0.05, 0.1) is 0 Å². The molecule has 1 saturated heterocycles. The van der Waals surface area contributed by atoms with Crippen LogP contribution >= 0.6 is 0 Å². The Kier molecular flexibility index (Phi) is 5.30. The Balaban J connectivity index is 1.70. The number of likely N-dealkylation sites (N-methyl/N-ethyl adjacent to an activating group) is 1. The summed E-state index contributed by atoms with van der Waals surface area (Å²) in [5.41, 5.74) is 0.995. The van der Waals surface area contributed by atoms with Crippen LogP contribution in [0.1, 0.15) is 18.4 Å². The van der Waals surface area contributed by atoms with Crippen molar-refractivity contribution in [2.24, 2.45) is 0 Å². The highest BCUT2D eigenvalue weighted by molar-refractivity contribution is 5.78. The Bertz CT molecular complexity index is 470. The highest BCUT2D eigenvalue weighted by Gasteiger charge is 2.19. The lowest BCUT2D eigenvalue weighted by atomic mass is 10.2. The summed E-state index contributed by atoms with van der Waals surface area (Å²) in [6.45, 7) is 3.40. The molecule has 0 N–H and O–H groups in total. The van der Waals surface area contributed by atoms with Crippen LogP contribution < -0.4 is 0 Å². The quantitative estimate of drug-likeness (QED) is 0.796. The fourth-order valence-electron chi connectivity index (χ4n) is 2.27. The second kappa shape index (κ2) is 7.20. The molecule has 4 heteroatoms. The average molecular weight is 276 g/mol. The minimum atomic E-state index is -0.213. The first-order valence-corrected chi connectivity index (χ1v) is 7.03. The second-order valence-electron chi connectivity index (χ2n) is 5.20. The van der Waals surface area contributed by atoms with E-state index in [0.717, 1.165) is 38.2 Å². The minimum Gasteiger partial charge on any atom is -0.341 e. The van der Waals surface area contributed by atoms with E-state index in [1.807, 2.05) is 18.0 Å². The molecule has 1 aliphatic rings. The van der Waals surface area contributed by atoms with Crippen molar-refractivity contribution in [1.82, 2.24) is 9.80 Å². The van der Waals surface area contributed by atoms with E-state index in [1.54, 1.807) is 12.1 Å². The van der Waals surface area contributed by atoms with E-state index < -0.39 is 0 Å². The average Bonchev–Trinajstić information content (AvgIpc) is 2.84. The van der Waals surface area contributed by atoms with Crippen molar-refractivity contribution >= 4 is 12.0 Å². The molecule has 0 unspecified atom stereocenters. The number of benzene rings is 1. The van der Waals surface area contributed by atoms with Crippen LogP contribution in [0, 0.1) is 5.82 Å². The van der Waals surface area contributed by atoms with Crippen molar-refractivity contribution in [3.05, 3.63) is 41.7 Å². The van der Waals surface area contributed by atoms with Gasteiger partial charge in [0.1, 0.15) is 5.82 Å². The molecule has 1 amide bonds. The second-order valence-corrected chi connectivity index (χ2v) is 5.20. The van der Waals surface area contributed by atoms with Gasteiger partial charge in [-0.05, 0) is 31.2 Å². The lowest BCUT2D eigenvalue weighted by molar-refractivity contribution is -0.127. The molecule has 0 bridgehead atoms. The Labute approximate surface area is 119 Å². The van der Waals surface area contributed by atoms with Crippen LogP contribution in [0.2, 0.25) is 0 Å². The SMILES string of the molecule is CN(C/C=C/c1ccc(F)cc1)CCN1CCCC1=O. The maximum absolute atomic E-state index is 12.8. The summed E-state index contributed by atoms with van der Waals surface area (Å²) in [5.74, 6) is 0.0646. The van der Waals surface area contributed by atoms with E-state index in [1.165, 1.54) is 12.1 Å². The van der Waals surface area contributed by atoms with Crippen molar-refractivity contribution < 1.29 is 9.18 Å². The third-order valence-electron chi connectivity index (χ3n) is 3.52. The predicted molar refractivity (Wildman–Crippen MR) is 78.7 cm³/mol. The maximum Gasteiger partial charge on any atom is 0.222 e. The van der Waals surface area contributed by atoms with Crippen molar-refractivity contribution in [2.75, 3.05) is 33.2 Å². The van der Waals surface area contributed by atoms with E-state index >= 15 is 0 Å². The van der Waals surface area contributed by atoms with Gasteiger partial charge in [-0.1, -0.05) is 24.3 Å². The van der Waals surface area contributed by atoms with E-state index in [4.69, 9.17) is 0 Å². The Morgan fingerprint density at radius 2 is 2.10 bits per heavy atom. The third-order valence-corrected chi connectivity index (χ3v) is 3.52. The highest BCUT2D eigenvalue weighted by atomic mass is 19.1. The number of amides is 1. The molecular weight excluding hydrogens is 255 g/mol. The molecule has 0 saturated carbocycles. The number of halogens is 1. The van der Waals surface area contributed by atoms with Gasteiger partial charge >= 0.3 is 0 Å². The zero-order valence-corrected chi connectivity index (χ0v) is 11.9. The highest BCUT2D eigenvalue weighted by Crippen LogP contribution is 2.09. The number of rotatable bonds is 6. The molecule has 20 heavy (non-hydrogen) atoms. The van der Waals surface area contributed by atoms with E-state index in [9.17, 15) is 9.18 Å². The molecule has 1 aromatic rings. The number of nitrogens with zero attached hydrogens (tertiary/aromatic N) is 2. The monoisotopic (exact) mass is 276 g/mol.